The molecule has 2 N–H and O–H groups in total. The first kappa shape index (κ1) is 14.3. The number of ether oxygens (including phenoxy) is 1. The molecule has 0 aliphatic carbocycles. The molecule has 1 atom stereocenters. The number of carbonyl (C=O) groups excluding carboxylic acids is 1. The van der Waals surface area contributed by atoms with Crippen molar-refractivity contribution in [3.05, 3.63) is 71.3 Å². The van der Waals surface area contributed by atoms with E-state index in [2.05, 4.69) is 0 Å². The molecule has 0 spiro atoms. The van der Waals surface area contributed by atoms with Gasteiger partial charge in [0.2, 0.25) is 0 Å². The van der Waals surface area contributed by atoms with Gasteiger partial charge in [-0.05, 0) is 30.0 Å². The first-order valence-electron chi connectivity index (χ1n) is 6.67. The van der Waals surface area contributed by atoms with Crippen LogP contribution < -0.4 is 5.73 Å². The van der Waals surface area contributed by atoms with Gasteiger partial charge in [0.25, 0.3) is 0 Å². The average molecular weight is 269 g/mol. The minimum absolute atomic E-state index is 0.265. The Hall–Kier alpha value is -2.13. The Bertz CT molecular complexity index is 566. The van der Waals surface area contributed by atoms with Crippen molar-refractivity contribution in [3.8, 4) is 0 Å². The van der Waals surface area contributed by atoms with Gasteiger partial charge in [-0.25, -0.2) is 0 Å². The molecule has 2 rings (SSSR count). The Labute approximate surface area is 119 Å². The molecule has 0 amide bonds. The van der Waals surface area contributed by atoms with Crippen molar-refractivity contribution in [1.29, 1.82) is 0 Å². The van der Waals surface area contributed by atoms with E-state index in [1.165, 1.54) is 0 Å². The molecule has 3 nitrogen and oxygen atoms in total. The molecule has 3 heteroatoms. The van der Waals surface area contributed by atoms with Crippen LogP contribution in [0, 0.1) is 6.92 Å². The first-order chi connectivity index (χ1) is 9.66. The molecule has 0 saturated carbocycles. The van der Waals surface area contributed by atoms with Gasteiger partial charge in [-0.15, -0.1) is 0 Å². The fourth-order valence-corrected chi connectivity index (χ4v) is 2.00. The smallest absolute Gasteiger partial charge is 0.323 e. The van der Waals surface area contributed by atoms with Gasteiger partial charge in [-0.2, -0.15) is 0 Å². The minimum atomic E-state index is -0.625. The Balaban J connectivity index is 1.88. The second-order valence-electron chi connectivity index (χ2n) is 4.83. The van der Waals surface area contributed by atoms with Crippen LogP contribution in [-0.4, -0.2) is 12.0 Å². The highest BCUT2D eigenvalue weighted by Crippen LogP contribution is 2.10. The summed E-state index contributed by atoms with van der Waals surface area (Å²) in [5, 5.41) is 0. The summed E-state index contributed by atoms with van der Waals surface area (Å²) in [6.45, 7) is 2.28. The van der Waals surface area contributed by atoms with Crippen LogP contribution in [-0.2, 0) is 22.6 Å². The van der Waals surface area contributed by atoms with Gasteiger partial charge >= 0.3 is 5.97 Å². The third kappa shape index (κ3) is 3.93. The third-order valence-corrected chi connectivity index (χ3v) is 3.23. The highest BCUT2D eigenvalue weighted by atomic mass is 16.5. The summed E-state index contributed by atoms with van der Waals surface area (Å²) in [6.07, 6.45) is 0.500. The number of aryl methyl sites for hydroxylation is 1. The first-order valence-corrected chi connectivity index (χ1v) is 6.67. The zero-order valence-electron chi connectivity index (χ0n) is 11.6. The quantitative estimate of drug-likeness (QED) is 0.849. The summed E-state index contributed by atoms with van der Waals surface area (Å²) in [4.78, 5) is 11.9. The highest BCUT2D eigenvalue weighted by Gasteiger charge is 2.16. The molecule has 2 aromatic carbocycles. The maximum atomic E-state index is 11.9. The van der Waals surface area contributed by atoms with E-state index in [1.807, 2.05) is 61.5 Å². The normalized spacial score (nSPS) is 11.9. The SMILES string of the molecule is Cc1ccccc1C[C@H](N)C(=O)OCc1ccccc1. The van der Waals surface area contributed by atoms with E-state index in [9.17, 15) is 4.79 Å². The van der Waals surface area contributed by atoms with E-state index >= 15 is 0 Å². The zero-order valence-corrected chi connectivity index (χ0v) is 11.6. The molecular formula is C17H19NO2. The van der Waals surface area contributed by atoms with Crippen LogP contribution in [0.3, 0.4) is 0 Å². The molecule has 2 aromatic rings. The van der Waals surface area contributed by atoms with Crippen molar-refractivity contribution in [2.75, 3.05) is 0 Å². The number of carbonyl (C=O) groups is 1. The molecule has 0 aromatic heterocycles. The summed E-state index contributed by atoms with van der Waals surface area (Å²) in [5.74, 6) is -0.364. The fourth-order valence-electron chi connectivity index (χ4n) is 2.00. The second-order valence-corrected chi connectivity index (χ2v) is 4.83. The van der Waals surface area contributed by atoms with Crippen LogP contribution >= 0.6 is 0 Å². The van der Waals surface area contributed by atoms with E-state index in [-0.39, 0.29) is 12.6 Å². The predicted octanol–water partition coefficient (Wildman–Crippen LogP) is 2.61. The Morgan fingerprint density at radius 3 is 2.45 bits per heavy atom. The van der Waals surface area contributed by atoms with Gasteiger partial charge in [0.15, 0.2) is 0 Å². The number of hydrogen-bond acceptors (Lipinski definition) is 3. The minimum Gasteiger partial charge on any atom is -0.460 e. The molecule has 0 bridgehead atoms. The maximum Gasteiger partial charge on any atom is 0.323 e. The largest absolute Gasteiger partial charge is 0.460 e. The number of hydrogen-bond donors (Lipinski definition) is 1. The van der Waals surface area contributed by atoms with Crippen LogP contribution in [0.4, 0.5) is 0 Å². The van der Waals surface area contributed by atoms with Crippen LogP contribution in [0.5, 0.6) is 0 Å². The van der Waals surface area contributed by atoms with Crippen molar-refractivity contribution in [1.82, 2.24) is 0 Å². The topological polar surface area (TPSA) is 52.3 Å². The number of nitrogens with two attached hydrogens (primary N) is 1. The van der Waals surface area contributed by atoms with E-state index < -0.39 is 6.04 Å². The van der Waals surface area contributed by atoms with Crippen LogP contribution in [0.2, 0.25) is 0 Å². The van der Waals surface area contributed by atoms with Crippen LogP contribution in [0.15, 0.2) is 54.6 Å². The monoisotopic (exact) mass is 269 g/mol. The average Bonchev–Trinajstić information content (AvgIpc) is 2.48. The van der Waals surface area contributed by atoms with Gasteiger partial charge in [0, 0.05) is 0 Å². The van der Waals surface area contributed by atoms with Gasteiger partial charge < -0.3 is 10.5 Å². The lowest BCUT2D eigenvalue weighted by Crippen LogP contribution is -2.34. The highest BCUT2D eigenvalue weighted by molar-refractivity contribution is 5.76. The molecule has 0 aliphatic heterocycles. The van der Waals surface area contributed by atoms with Crippen LogP contribution in [0.1, 0.15) is 16.7 Å². The number of esters is 1. The fraction of sp³-hybridized carbons (Fsp3) is 0.235. The lowest BCUT2D eigenvalue weighted by atomic mass is 10.0. The van der Waals surface area contributed by atoms with E-state index in [0.29, 0.717) is 6.42 Å². The Kier molecular flexibility index (Phi) is 4.91. The molecule has 20 heavy (non-hydrogen) atoms. The van der Waals surface area contributed by atoms with Gasteiger partial charge in [0.05, 0.1) is 0 Å². The third-order valence-electron chi connectivity index (χ3n) is 3.23. The summed E-state index contributed by atoms with van der Waals surface area (Å²) in [7, 11) is 0. The Morgan fingerprint density at radius 1 is 1.10 bits per heavy atom. The molecule has 0 radical (unpaired) electrons. The summed E-state index contributed by atoms with van der Waals surface area (Å²) in [6, 6.07) is 16.9. The summed E-state index contributed by atoms with van der Waals surface area (Å²) in [5.41, 5.74) is 9.09. The van der Waals surface area contributed by atoms with Crippen molar-refractivity contribution in [2.24, 2.45) is 5.73 Å². The molecule has 0 heterocycles. The molecule has 0 fully saturated rings. The molecule has 0 unspecified atom stereocenters. The summed E-state index contributed by atoms with van der Waals surface area (Å²) < 4.78 is 5.24. The van der Waals surface area contributed by atoms with Crippen molar-refractivity contribution in [3.63, 3.8) is 0 Å². The van der Waals surface area contributed by atoms with Gasteiger partial charge in [-0.3, -0.25) is 4.79 Å². The van der Waals surface area contributed by atoms with Crippen molar-refractivity contribution >= 4 is 5.97 Å². The molecule has 104 valence electrons. The Morgan fingerprint density at radius 2 is 1.75 bits per heavy atom. The van der Waals surface area contributed by atoms with E-state index in [4.69, 9.17) is 10.5 Å². The van der Waals surface area contributed by atoms with Gasteiger partial charge in [-0.1, -0.05) is 54.6 Å². The van der Waals surface area contributed by atoms with Crippen molar-refractivity contribution < 1.29 is 9.53 Å². The van der Waals surface area contributed by atoms with Gasteiger partial charge in [0.1, 0.15) is 12.6 Å². The maximum absolute atomic E-state index is 11.9. The lowest BCUT2D eigenvalue weighted by Gasteiger charge is -2.13. The van der Waals surface area contributed by atoms with E-state index in [0.717, 1.165) is 16.7 Å². The zero-order chi connectivity index (χ0) is 14.4. The van der Waals surface area contributed by atoms with Crippen LogP contribution in [0.25, 0.3) is 0 Å². The summed E-state index contributed by atoms with van der Waals surface area (Å²) >= 11 is 0. The lowest BCUT2D eigenvalue weighted by molar-refractivity contribution is -0.146. The molecule has 0 saturated heterocycles. The predicted molar refractivity (Wildman–Crippen MR) is 79.1 cm³/mol. The standard InChI is InChI=1S/C17H19NO2/c1-13-7-5-6-10-15(13)11-16(18)17(19)20-12-14-8-3-2-4-9-14/h2-10,16H,11-12,18H2,1H3/t16-/m0/s1. The second kappa shape index (κ2) is 6.87. The molecular weight excluding hydrogens is 250 g/mol. The molecule has 0 aliphatic rings. The number of benzene rings is 2. The van der Waals surface area contributed by atoms with E-state index in [1.54, 1.807) is 0 Å². The number of rotatable bonds is 5. The van der Waals surface area contributed by atoms with Crippen molar-refractivity contribution in [2.45, 2.75) is 26.0 Å².